The number of hydrogen-bond acceptors (Lipinski definition) is 4. The lowest BCUT2D eigenvalue weighted by molar-refractivity contribution is -0.384. The van der Waals surface area contributed by atoms with E-state index in [2.05, 4.69) is 0 Å². The molecule has 3 atom stereocenters. The Bertz CT molecular complexity index is 540. The predicted molar refractivity (Wildman–Crippen MR) is 77.0 cm³/mol. The Morgan fingerprint density at radius 3 is 2.43 bits per heavy atom. The zero-order valence-electron chi connectivity index (χ0n) is 11.9. The molecule has 112 valence electrons. The molecule has 1 aromatic rings. The monoisotopic (exact) mass is 289 g/mol. The number of hydrogen-bond donors (Lipinski definition) is 0. The molecule has 2 fully saturated rings. The summed E-state index contributed by atoms with van der Waals surface area (Å²) < 4.78 is 5.68. The highest BCUT2D eigenvalue weighted by atomic mass is 16.6. The standard InChI is InChI=1S/C16H19NO4/c18-16(12-7-9-13(10-8-12)17(19)20)21-15-6-2-4-11-3-1-5-14(11)15/h7-11,14-15H,1-6H2/t11-,14+,15-/m1/s1. The fraction of sp³-hybridized carbons (Fsp3) is 0.562. The van der Waals surface area contributed by atoms with Gasteiger partial charge in [0.1, 0.15) is 6.10 Å². The summed E-state index contributed by atoms with van der Waals surface area (Å²) >= 11 is 0. The molecular weight excluding hydrogens is 270 g/mol. The third-order valence-corrected chi connectivity index (χ3v) is 4.83. The van der Waals surface area contributed by atoms with Crippen LogP contribution in [0.5, 0.6) is 0 Å². The molecule has 0 N–H and O–H groups in total. The quantitative estimate of drug-likeness (QED) is 0.483. The van der Waals surface area contributed by atoms with Gasteiger partial charge >= 0.3 is 5.97 Å². The van der Waals surface area contributed by atoms with Crippen LogP contribution in [0.25, 0.3) is 0 Å². The third-order valence-electron chi connectivity index (χ3n) is 4.83. The number of carbonyl (C=O) groups is 1. The maximum absolute atomic E-state index is 12.2. The van der Waals surface area contributed by atoms with Crippen LogP contribution >= 0.6 is 0 Å². The van der Waals surface area contributed by atoms with Gasteiger partial charge in [0, 0.05) is 12.1 Å². The minimum atomic E-state index is -0.473. The zero-order valence-corrected chi connectivity index (χ0v) is 11.9. The highest BCUT2D eigenvalue weighted by Gasteiger charge is 2.38. The maximum atomic E-state index is 12.2. The van der Waals surface area contributed by atoms with Crippen molar-refractivity contribution in [3.05, 3.63) is 39.9 Å². The number of non-ortho nitro benzene ring substituents is 1. The Kier molecular flexibility index (Phi) is 3.90. The number of nitro groups is 1. The molecule has 0 aromatic heterocycles. The largest absolute Gasteiger partial charge is 0.458 e. The van der Waals surface area contributed by atoms with E-state index < -0.39 is 4.92 Å². The number of fused-ring (bicyclic) bond motifs is 1. The molecule has 2 aliphatic carbocycles. The molecule has 0 heterocycles. The van der Waals surface area contributed by atoms with E-state index in [0.717, 1.165) is 19.3 Å². The van der Waals surface area contributed by atoms with Gasteiger partial charge in [-0.25, -0.2) is 4.79 Å². The first-order valence-electron chi connectivity index (χ1n) is 7.60. The highest BCUT2D eigenvalue weighted by molar-refractivity contribution is 5.89. The van der Waals surface area contributed by atoms with Gasteiger partial charge in [0.2, 0.25) is 0 Å². The van der Waals surface area contributed by atoms with Gasteiger partial charge in [-0.1, -0.05) is 12.8 Å². The van der Waals surface area contributed by atoms with Gasteiger partial charge in [-0.3, -0.25) is 10.1 Å². The van der Waals surface area contributed by atoms with Crippen LogP contribution in [0.3, 0.4) is 0 Å². The Labute approximate surface area is 123 Å². The van der Waals surface area contributed by atoms with Gasteiger partial charge in [0.25, 0.3) is 5.69 Å². The summed E-state index contributed by atoms with van der Waals surface area (Å²) in [6, 6.07) is 5.62. The Hall–Kier alpha value is -1.91. The van der Waals surface area contributed by atoms with Crippen LogP contribution in [0.1, 0.15) is 48.9 Å². The molecule has 0 unspecified atom stereocenters. The summed E-state index contributed by atoms with van der Waals surface area (Å²) in [5.74, 6) is 0.872. The third kappa shape index (κ3) is 2.91. The van der Waals surface area contributed by atoms with Crippen molar-refractivity contribution in [3.63, 3.8) is 0 Å². The number of nitrogens with zero attached hydrogens (tertiary/aromatic N) is 1. The minimum absolute atomic E-state index is 0.0138. The van der Waals surface area contributed by atoms with Crippen molar-refractivity contribution in [1.29, 1.82) is 0 Å². The van der Waals surface area contributed by atoms with Gasteiger partial charge in [-0.05, 0) is 49.7 Å². The molecule has 1 aromatic carbocycles. The first-order valence-corrected chi connectivity index (χ1v) is 7.60. The molecule has 0 aliphatic heterocycles. The number of benzene rings is 1. The lowest BCUT2D eigenvalue weighted by Crippen LogP contribution is -2.33. The van der Waals surface area contributed by atoms with Crippen molar-refractivity contribution in [1.82, 2.24) is 0 Å². The highest BCUT2D eigenvalue weighted by Crippen LogP contribution is 2.43. The van der Waals surface area contributed by atoms with E-state index in [1.165, 1.54) is 43.5 Å². The fourth-order valence-corrected chi connectivity index (χ4v) is 3.78. The minimum Gasteiger partial charge on any atom is -0.458 e. The van der Waals surface area contributed by atoms with Gasteiger partial charge in [0.05, 0.1) is 10.5 Å². The second-order valence-electron chi connectivity index (χ2n) is 6.03. The average Bonchev–Trinajstić information content (AvgIpc) is 2.97. The van der Waals surface area contributed by atoms with E-state index in [1.807, 2.05) is 0 Å². The van der Waals surface area contributed by atoms with E-state index in [4.69, 9.17) is 4.74 Å². The molecule has 21 heavy (non-hydrogen) atoms. The Morgan fingerprint density at radius 2 is 1.76 bits per heavy atom. The molecule has 0 saturated heterocycles. The Morgan fingerprint density at radius 1 is 1.10 bits per heavy atom. The van der Waals surface area contributed by atoms with Crippen LogP contribution in [-0.2, 0) is 4.74 Å². The molecule has 2 saturated carbocycles. The van der Waals surface area contributed by atoms with Gasteiger partial charge < -0.3 is 4.74 Å². The van der Waals surface area contributed by atoms with Crippen LogP contribution in [0.15, 0.2) is 24.3 Å². The van der Waals surface area contributed by atoms with E-state index in [9.17, 15) is 14.9 Å². The molecule has 0 spiro atoms. The fourth-order valence-electron chi connectivity index (χ4n) is 3.78. The summed E-state index contributed by atoms with van der Waals surface area (Å²) in [5.41, 5.74) is 0.376. The van der Waals surface area contributed by atoms with Crippen LogP contribution in [0.4, 0.5) is 5.69 Å². The van der Waals surface area contributed by atoms with Crippen molar-refractivity contribution in [2.45, 2.75) is 44.6 Å². The molecular formula is C16H19NO4. The van der Waals surface area contributed by atoms with Crippen molar-refractivity contribution >= 4 is 11.7 Å². The summed E-state index contributed by atoms with van der Waals surface area (Å²) in [6.45, 7) is 0. The molecule has 0 radical (unpaired) electrons. The molecule has 5 heteroatoms. The summed E-state index contributed by atoms with van der Waals surface area (Å²) in [6.07, 6.45) is 7.00. The number of carbonyl (C=O) groups excluding carboxylic acids is 1. The number of esters is 1. The SMILES string of the molecule is O=C(O[C@@H]1CCC[C@H]2CCC[C@@H]21)c1ccc([N+](=O)[O-])cc1. The van der Waals surface area contributed by atoms with Crippen LogP contribution in [0, 0.1) is 22.0 Å². The molecule has 3 rings (SSSR count). The zero-order chi connectivity index (χ0) is 14.8. The van der Waals surface area contributed by atoms with Crippen molar-refractivity contribution < 1.29 is 14.5 Å². The van der Waals surface area contributed by atoms with Crippen molar-refractivity contribution in [2.75, 3.05) is 0 Å². The van der Waals surface area contributed by atoms with Crippen LogP contribution in [-0.4, -0.2) is 17.0 Å². The van der Waals surface area contributed by atoms with Crippen molar-refractivity contribution in [3.8, 4) is 0 Å². The number of nitro benzene ring substituents is 1. The average molecular weight is 289 g/mol. The molecule has 5 nitrogen and oxygen atoms in total. The van der Waals surface area contributed by atoms with E-state index in [0.29, 0.717) is 17.4 Å². The van der Waals surface area contributed by atoms with Gasteiger partial charge in [0.15, 0.2) is 0 Å². The van der Waals surface area contributed by atoms with Crippen LogP contribution in [0.2, 0.25) is 0 Å². The lowest BCUT2D eigenvalue weighted by atomic mass is 9.79. The van der Waals surface area contributed by atoms with Crippen molar-refractivity contribution in [2.24, 2.45) is 11.8 Å². The predicted octanol–water partition coefficient (Wildman–Crippen LogP) is 3.72. The molecule has 0 amide bonds. The van der Waals surface area contributed by atoms with Crippen LogP contribution < -0.4 is 0 Å². The summed E-state index contributed by atoms with van der Waals surface area (Å²) in [4.78, 5) is 22.3. The smallest absolute Gasteiger partial charge is 0.338 e. The Balaban J connectivity index is 1.66. The topological polar surface area (TPSA) is 69.4 Å². The maximum Gasteiger partial charge on any atom is 0.338 e. The number of rotatable bonds is 3. The van der Waals surface area contributed by atoms with Gasteiger partial charge in [-0.2, -0.15) is 0 Å². The second-order valence-corrected chi connectivity index (χ2v) is 6.03. The van der Waals surface area contributed by atoms with E-state index in [1.54, 1.807) is 0 Å². The van der Waals surface area contributed by atoms with Gasteiger partial charge in [-0.15, -0.1) is 0 Å². The first-order chi connectivity index (χ1) is 10.1. The lowest BCUT2D eigenvalue weighted by Gasteiger charge is -2.33. The molecule has 2 aliphatic rings. The first kappa shape index (κ1) is 14.0. The summed E-state index contributed by atoms with van der Waals surface area (Å²) in [5, 5.41) is 10.6. The second kappa shape index (κ2) is 5.84. The number of ether oxygens (including phenoxy) is 1. The summed E-state index contributed by atoms with van der Waals surface area (Å²) in [7, 11) is 0. The molecule has 0 bridgehead atoms. The van der Waals surface area contributed by atoms with E-state index >= 15 is 0 Å². The van der Waals surface area contributed by atoms with E-state index in [-0.39, 0.29) is 17.8 Å². The normalized spacial score (nSPS) is 27.9.